The summed E-state index contributed by atoms with van der Waals surface area (Å²) < 4.78 is 1.87. The number of carbonyl (C=O) groups excluding carboxylic acids is 1. The molecule has 6 nitrogen and oxygen atoms in total. The Hall–Kier alpha value is -1.95. The quantitative estimate of drug-likeness (QED) is 0.860. The van der Waals surface area contributed by atoms with E-state index in [9.17, 15) is 4.79 Å². The van der Waals surface area contributed by atoms with Crippen molar-refractivity contribution in [2.24, 2.45) is 0 Å². The summed E-state index contributed by atoms with van der Waals surface area (Å²) in [5.41, 5.74) is 0.783. The van der Waals surface area contributed by atoms with E-state index < -0.39 is 0 Å². The molecule has 6 heteroatoms. The van der Waals surface area contributed by atoms with Gasteiger partial charge in [-0.1, -0.05) is 6.07 Å². The van der Waals surface area contributed by atoms with Crippen LogP contribution < -0.4 is 5.32 Å². The second-order valence-corrected chi connectivity index (χ2v) is 4.83. The molecule has 2 heterocycles. The maximum atomic E-state index is 11.8. The number of hydrogen-bond acceptors (Lipinski definition) is 4. The third-order valence-corrected chi connectivity index (χ3v) is 3.10. The van der Waals surface area contributed by atoms with E-state index in [1.807, 2.05) is 40.7 Å². The molecule has 0 unspecified atom stereocenters. The first-order valence-electron chi connectivity index (χ1n) is 6.33. The van der Waals surface area contributed by atoms with E-state index in [0.717, 1.165) is 11.5 Å². The number of nitrogens with one attached hydrogen (secondary N) is 1. The smallest absolute Gasteiger partial charge is 0.234 e. The fourth-order valence-corrected chi connectivity index (χ4v) is 1.65. The third kappa shape index (κ3) is 3.29. The highest BCUT2D eigenvalue weighted by molar-refractivity contribution is 5.77. The van der Waals surface area contributed by atoms with E-state index in [2.05, 4.69) is 29.4 Å². The Labute approximate surface area is 112 Å². The number of fused-ring (bicyclic) bond motifs is 1. The lowest BCUT2D eigenvalue weighted by molar-refractivity contribution is -0.122. The Morgan fingerprint density at radius 3 is 2.95 bits per heavy atom. The second kappa shape index (κ2) is 5.79. The molecule has 2 rings (SSSR count). The first-order valence-corrected chi connectivity index (χ1v) is 6.33. The van der Waals surface area contributed by atoms with Crippen LogP contribution in [0.5, 0.6) is 0 Å². The molecule has 0 bridgehead atoms. The first kappa shape index (κ1) is 13.5. The van der Waals surface area contributed by atoms with Crippen molar-refractivity contribution in [3.63, 3.8) is 0 Å². The molecule has 0 aromatic carbocycles. The minimum absolute atomic E-state index is 0.0103. The lowest BCUT2D eigenvalue weighted by Crippen LogP contribution is -2.38. The Balaban J connectivity index is 1.94. The standard InChI is InChI=1S/C13H19N5O/c1-10(2)17(3)9-13(19)14-8-12-16-15-11-6-4-5-7-18(11)12/h4-7,10H,8-9H2,1-3H3,(H,14,19). The summed E-state index contributed by atoms with van der Waals surface area (Å²) in [6.45, 7) is 4.88. The molecule has 19 heavy (non-hydrogen) atoms. The average Bonchev–Trinajstić information content (AvgIpc) is 2.79. The van der Waals surface area contributed by atoms with Crippen LogP contribution in [0.2, 0.25) is 0 Å². The lowest BCUT2D eigenvalue weighted by atomic mass is 10.3. The zero-order valence-electron chi connectivity index (χ0n) is 11.5. The highest BCUT2D eigenvalue weighted by Gasteiger charge is 2.10. The summed E-state index contributed by atoms with van der Waals surface area (Å²) in [6, 6.07) is 6.04. The van der Waals surface area contributed by atoms with Crippen LogP contribution in [0, 0.1) is 0 Å². The monoisotopic (exact) mass is 261 g/mol. The SMILES string of the molecule is CC(C)N(C)CC(=O)NCc1nnc2ccccn12. The number of amides is 1. The van der Waals surface area contributed by atoms with Gasteiger partial charge in [0.05, 0.1) is 13.1 Å². The summed E-state index contributed by atoms with van der Waals surface area (Å²) in [7, 11) is 1.93. The molecular weight excluding hydrogens is 242 g/mol. The van der Waals surface area contributed by atoms with Crippen molar-refractivity contribution in [1.29, 1.82) is 0 Å². The van der Waals surface area contributed by atoms with Gasteiger partial charge in [-0.25, -0.2) is 0 Å². The molecule has 102 valence electrons. The highest BCUT2D eigenvalue weighted by atomic mass is 16.2. The van der Waals surface area contributed by atoms with E-state index in [1.54, 1.807) is 0 Å². The number of pyridine rings is 1. The lowest BCUT2D eigenvalue weighted by Gasteiger charge is -2.19. The van der Waals surface area contributed by atoms with Gasteiger partial charge in [-0.3, -0.25) is 14.1 Å². The van der Waals surface area contributed by atoms with E-state index in [-0.39, 0.29) is 5.91 Å². The van der Waals surface area contributed by atoms with Crippen molar-refractivity contribution in [3.05, 3.63) is 30.2 Å². The van der Waals surface area contributed by atoms with Crippen LogP contribution in [-0.2, 0) is 11.3 Å². The Bertz CT molecular complexity index is 563. The molecule has 0 aliphatic rings. The van der Waals surface area contributed by atoms with Gasteiger partial charge >= 0.3 is 0 Å². The molecule has 0 saturated carbocycles. The average molecular weight is 261 g/mol. The number of nitrogens with zero attached hydrogens (tertiary/aromatic N) is 4. The minimum Gasteiger partial charge on any atom is -0.348 e. The number of rotatable bonds is 5. The van der Waals surface area contributed by atoms with Crippen LogP contribution in [0.4, 0.5) is 0 Å². The van der Waals surface area contributed by atoms with Crippen LogP contribution in [0.15, 0.2) is 24.4 Å². The van der Waals surface area contributed by atoms with Crippen molar-refractivity contribution in [1.82, 2.24) is 24.8 Å². The largest absolute Gasteiger partial charge is 0.348 e. The second-order valence-electron chi connectivity index (χ2n) is 4.83. The first-order chi connectivity index (χ1) is 9.08. The molecule has 0 radical (unpaired) electrons. The molecule has 0 spiro atoms. The van der Waals surface area contributed by atoms with Gasteiger partial charge in [0.1, 0.15) is 0 Å². The van der Waals surface area contributed by atoms with Crippen molar-refractivity contribution >= 4 is 11.6 Å². The number of aromatic nitrogens is 3. The van der Waals surface area contributed by atoms with Crippen molar-refractivity contribution in [2.75, 3.05) is 13.6 Å². The summed E-state index contributed by atoms with van der Waals surface area (Å²) in [6.07, 6.45) is 1.89. The fraction of sp³-hybridized carbons (Fsp3) is 0.462. The van der Waals surface area contributed by atoms with Gasteiger partial charge in [0, 0.05) is 12.2 Å². The summed E-state index contributed by atoms with van der Waals surface area (Å²) in [4.78, 5) is 13.8. The Morgan fingerprint density at radius 2 is 2.21 bits per heavy atom. The van der Waals surface area contributed by atoms with E-state index in [0.29, 0.717) is 19.1 Å². The van der Waals surface area contributed by atoms with Gasteiger partial charge in [-0.2, -0.15) is 0 Å². The summed E-state index contributed by atoms with van der Waals surface area (Å²) in [5, 5.41) is 11.0. The van der Waals surface area contributed by atoms with Crippen molar-refractivity contribution < 1.29 is 4.79 Å². The van der Waals surface area contributed by atoms with Crippen LogP contribution in [0.1, 0.15) is 19.7 Å². The maximum absolute atomic E-state index is 11.8. The molecule has 2 aromatic heterocycles. The zero-order valence-corrected chi connectivity index (χ0v) is 11.5. The van der Waals surface area contributed by atoms with Crippen molar-refractivity contribution in [3.8, 4) is 0 Å². The van der Waals surface area contributed by atoms with Crippen LogP contribution in [-0.4, -0.2) is 45.0 Å². The number of hydrogen-bond donors (Lipinski definition) is 1. The zero-order chi connectivity index (χ0) is 13.8. The van der Waals surface area contributed by atoms with Gasteiger partial charge < -0.3 is 5.32 Å². The molecule has 0 fully saturated rings. The van der Waals surface area contributed by atoms with Crippen molar-refractivity contribution in [2.45, 2.75) is 26.4 Å². The molecular formula is C13H19N5O. The van der Waals surface area contributed by atoms with Crippen LogP contribution in [0.3, 0.4) is 0 Å². The molecule has 1 N–H and O–H groups in total. The van der Waals surface area contributed by atoms with E-state index >= 15 is 0 Å². The Morgan fingerprint density at radius 1 is 1.42 bits per heavy atom. The van der Waals surface area contributed by atoms with Crippen LogP contribution in [0.25, 0.3) is 5.65 Å². The fourth-order valence-electron chi connectivity index (χ4n) is 1.65. The number of likely N-dealkylation sites (N-methyl/N-ethyl adjacent to an activating group) is 1. The third-order valence-electron chi connectivity index (χ3n) is 3.10. The summed E-state index contributed by atoms with van der Waals surface area (Å²) in [5.74, 6) is 0.722. The number of carbonyl (C=O) groups is 1. The van der Waals surface area contributed by atoms with Crippen LogP contribution >= 0.6 is 0 Å². The molecule has 0 atom stereocenters. The molecule has 1 amide bonds. The summed E-state index contributed by atoms with van der Waals surface area (Å²) >= 11 is 0. The van der Waals surface area contributed by atoms with Gasteiger partial charge in [0.2, 0.25) is 5.91 Å². The molecule has 0 saturated heterocycles. The van der Waals surface area contributed by atoms with E-state index in [4.69, 9.17) is 0 Å². The normalized spacial score (nSPS) is 11.4. The molecule has 0 aliphatic carbocycles. The predicted molar refractivity (Wildman–Crippen MR) is 72.6 cm³/mol. The van der Waals surface area contributed by atoms with Gasteiger partial charge in [-0.15, -0.1) is 10.2 Å². The van der Waals surface area contributed by atoms with Gasteiger partial charge in [0.15, 0.2) is 11.5 Å². The Kier molecular flexibility index (Phi) is 4.11. The van der Waals surface area contributed by atoms with E-state index in [1.165, 1.54) is 0 Å². The predicted octanol–water partition coefficient (Wildman–Crippen LogP) is 0.686. The molecule has 2 aromatic rings. The van der Waals surface area contributed by atoms with Gasteiger partial charge in [0.25, 0.3) is 0 Å². The maximum Gasteiger partial charge on any atom is 0.234 e. The molecule has 0 aliphatic heterocycles. The minimum atomic E-state index is -0.0103. The van der Waals surface area contributed by atoms with Gasteiger partial charge in [-0.05, 0) is 33.0 Å². The highest BCUT2D eigenvalue weighted by Crippen LogP contribution is 2.02. The topological polar surface area (TPSA) is 62.5 Å².